The SMILES string of the molecule is N#CB(F)I. The Hall–Kier alpha value is 0.215. The van der Waals surface area contributed by atoms with Gasteiger partial charge in [-0.2, -0.15) is 0 Å². The smallest absolute Gasteiger partial charge is 0.298 e. The van der Waals surface area contributed by atoms with Gasteiger partial charge in [0.05, 0.1) is 5.97 Å². The van der Waals surface area contributed by atoms with Crippen molar-refractivity contribution in [2.24, 2.45) is 0 Å². The summed E-state index contributed by atoms with van der Waals surface area (Å²) in [6.07, 6.45) is 0. The van der Waals surface area contributed by atoms with Crippen molar-refractivity contribution in [3.05, 3.63) is 0 Å². The lowest BCUT2D eigenvalue weighted by molar-refractivity contribution is 0.882. The van der Waals surface area contributed by atoms with Crippen LogP contribution < -0.4 is 0 Å². The average molecular weight is 183 g/mol. The highest BCUT2D eigenvalue weighted by Crippen LogP contribution is 1.89. The van der Waals surface area contributed by atoms with E-state index in [9.17, 15) is 4.32 Å². The van der Waals surface area contributed by atoms with Gasteiger partial charge < -0.3 is 0 Å². The van der Waals surface area contributed by atoms with Crippen LogP contribution in [0, 0.1) is 11.2 Å². The Balaban J connectivity index is 2.94. The van der Waals surface area contributed by atoms with Gasteiger partial charge in [0, 0.05) is 0 Å². The van der Waals surface area contributed by atoms with Gasteiger partial charge in [0.15, 0.2) is 0 Å². The van der Waals surface area contributed by atoms with Crippen LogP contribution in [0.4, 0.5) is 4.32 Å². The molecular weight excluding hydrogens is 183 g/mol. The monoisotopic (exact) mass is 183 g/mol. The molecule has 0 N–H and O–H groups in total. The summed E-state index contributed by atoms with van der Waals surface area (Å²) in [4.78, 5) is -1.34. The van der Waals surface area contributed by atoms with E-state index in [0.29, 0.717) is 0 Å². The minimum Gasteiger partial charge on any atom is -0.298 e. The highest BCUT2D eigenvalue weighted by Gasteiger charge is 2.00. The number of nitriles is 1. The lowest BCUT2D eigenvalue weighted by atomic mass is 10.1. The lowest BCUT2D eigenvalue weighted by Crippen LogP contribution is -1.81. The first-order valence-corrected chi connectivity index (χ1v) is 2.19. The van der Waals surface area contributed by atoms with Crippen LogP contribution in [0.1, 0.15) is 0 Å². The fourth-order valence-electron chi connectivity index (χ4n) is 0. The van der Waals surface area contributed by atoms with E-state index >= 15 is 0 Å². The van der Waals surface area contributed by atoms with Crippen LogP contribution >= 0.6 is 22.4 Å². The maximum atomic E-state index is 11.1. The Morgan fingerprint density at radius 2 is 2.20 bits per heavy atom. The Morgan fingerprint density at radius 3 is 2.20 bits per heavy atom. The highest BCUT2D eigenvalue weighted by molar-refractivity contribution is 14.1. The Kier molecular flexibility index (Phi) is 2.56. The van der Waals surface area contributed by atoms with Crippen molar-refractivity contribution < 1.29 is 4.32 Å². The molecule has 0 aliphatic carbocycles. The zero-order valence-electron chi connectivity index (χ0n) is 2.28. The summed E-state index contributed by atoms with van der Waals surface area (Å²) in [6.45, 7) is 0. The van der Waals surface area contributed by atoms with Crippen molar-refractivity contribution in [1.29, 1.82) is 5.26 Å². The number of halogens is 2. The minimum atomic E-state index is -1.34. The quantitative estimate of drug-likeness (QED) is 0.404. The van der Waals surface area contributed by atoms with E-state index in [0.717, 1.165) is 0 Å². The third-order valence-electron chi connectivity index (χ3n) is 0.0976. The molecule has 26 valence electrons. The number of nitrogens with zero attached hydrogens (tertiary/aromatic N) is 1. The van der Waals surface area contributed by atoms with Gasteiger partial charge in [-0.15, -0.1) is 0 Å². The van der Waals surface area contributed by atoms with Gasteiger partial charge in [-0.05, 0) is 0 Å². The largest absolute Gasteiger partial charge is 0.525 e. The normalized spacial score (nSPS) is 5.80. The molecule has 0 rings (SSSR count). The first-order chi connectivity index (χ1) is 2.27. The van der Waals surface area contributed by atoms with E-state index in [-0.39, 0.29) is 0 Å². The summed E-state index contributed by atoms with van der Waals surface area (Å²) < 4.78 is 11.1. The standard InChI is InChI=1S/CBFIN/c3-2(4)1-5. The van der Waals surface area contributed by atoms with Crippen molar-refractivity contribution in [2.75, 3.05) is 0 Å². The van der Waals surface area contributed by atoms with Gasteiger partial charge in [0.1, 0.15) is 0 Å². The minimum absolute atomic E-state index is 1.34. The molecule has 1 nitrogen and oxygen atoms in total. The summed E-state index contributed by atoms with van der Waals surface area (Å²) in [7, 11) is 0. The van der Waals surface area contributed by atoms with E-state index in [1.807, 2.05) is 0 Å². The predicted molar refractivity (Wildman–Crippen MR) is 26.5 cm³/mol. The van der Waals surface area contributed by atoms with Crippen LogP contribution in [0.25, 0.3) is 0 Å². The molecule has 0 saturated carbocycles. The second-order valence-corrected chi connectivity index (χ2v) is 1.52. The highest BCUT2D eigenvalue weighted by atomic mass is 127. The lowest BCUT2D eigenvalue weighted by Gasteiger charge is -1.60. The van der Waals surface area contributed by atoms with Gasteiger partial charge in [0.25, 0.3) is 0 Å². The fraction of sp³-hybridized carbons (Fsp3) is 0. The van der Waals surface area contributed by atoms with Crippen molar-refractivity contribution in [3.63, 3.8) is 0 Å². The van der Waals surface area contributed by atoms with Crippen LogP contribution in [-0.2, 0) is 0 Å². The molecule has 0 aromatic carbocycles. The third kappa shape index (κ3) is 4.21. The van der Waals surface area contributed by atoms with E-state index in [2.05, 4.69) is 0 Å². The second kappa shape index (κ2) is 2.45. The molecule has 0 heterocycles. The Morgan fingerprint density at radius 1 is 2.00 bits per heavy atom. The maximum absolute atomic E-state index is 11.1. The summed E-state index contributed by atoms with van der Waals surface area (Å²) >= 11 is 1.38. The molecule has 0 fully saturated rings. The van der Waals surface area contributed by atoms with Crippen LogP contribution in [0.2, 0.25) is 0 Å². The topological polar surface area (TPSA) is 23.8 Å². The third-order valence-corrected chi connectivity index (χ3v) is 0.376. The summed E-state index contributed by atoms with van der Waals surface area (Å²) in [5.41, 5.74) is 0. The van der Waals surface area contributed by atoms with Crippen LogP contribution in [-0.4, -0.2) is 4.85 Å². The van der Waals surface area contributed by atoms with Crippen LogP contribution in [0.3, 0.4) is 0 Å². The molecule has 0 aliphatic rings. The maximum Gasteiger partial charge on any atom is 0.525 e. The summed E-state index contributed by atoms with van der Waals surface area (Å²) in [6, 6.07) is 0. The molecule has 0 atom stereocenters. The van der Waals surface area contributed by atoms with Gasteiger partial charge >= 0.3 is 4.85 Å². The summed E-state index contributed by atoms with van der Waals surface area (Å²) in [5.74, 6) is 1.35. The molecule has 4 heteroatoms. The molecule has 0 aromatic rings. The Bertz CT molecular complexity index is 57.2. The molecule has 0 bridgehead atoms. The molecule has 0 spiro atoms. The molecule has 0 aromatic heterocycles. The molecule has 0 saturated heterocycles. The molecule has 5 heavy (non-hydrogen) atoms. The van der Waals surface area contributed by atoms with Crippen molar-refractivity contribution in [3.8, 4) is 5.97 Å². The number of hydrogen-bond donors (Lipinski definition) is 0. The van der Waals surface area contributed by atoms with Crippen LogP contribution in [0.5, 0.6) is 0 Å². The molecule has 0 radical (unpaired) electrons. The van der Waals surface area contributed by atoms with Crippen molar-refractivity contribution in [1.82, 2.24) is 0 Å². The fourth-order valence-corrected chi connectivity index (χ4v) is 0. The number of hydrogen-bond acceptors (Lipinski definition) is 1. The Labute approximate surface area is 43.2 Å². The van der Waals surface area contributed by atoms with Gasteiger partial charge in [0.2, 0.25) is 0 Å². The predicted octanol–water partition coefficient (Wildman–Crippen LogP) is 0.942. The molecule has 0 aliphatic heterocycles. The van der Waals surface area contributed by atoms with Crippen molar-refractivity contribution >= 4 is 27.2 Å². The summed E-state index contributed by atoms with van der Waals surface area (Å²) in [5, 5.41) is 7.51. The molecule has 0 amide bonds. The number of rotatable bonds is 0. The van der Waals surface area contributed by atoms with Gasteiger partial charge in [-0.25, -0.2) is 5.26 Å². The van der Waals surface area contributed by atoms with Crippen LogP contribution in [0.15, 0.2) is 0 Å². The average Bonchev–Trinajstić information content (AvgIpc) is 1.38. The van der Waals surface area contributed by atoms with E-state index in [1.165, 1.54) is 28.3 Å². The molecular formula is CBFIN. The first-order valence-electron chi connectivity index (χ1n) is 0.949. The van der Waals surface area contributed by atoms with Gasteiger partial charge in [-0.3, -0.25) is 4.32 Å². The molecule has 0 unspecified atom stereocenters. The van der Waals surface area contributed by atoms with Crippen molar-refractivity contribution in [2.45, 2.75) is 0 Å². The van der Waals surface area contributed by atoms with E-state index in [4.69, 9.17) is 5.26 Å². The second-order valence-electron chi connectivity index (χ2n) is 0.430. The zero-order valence-corrected chi connectivity index (χ0v) is 4.44. The van der Waals surface area contributed by atoms with Gasteiger partial charge in [-0.1, -0.05) is 22.4 Å². The van der Waals surface area contributed by atoms with E-state index < -0.39 is 4.85 Å². The first kappa shape index (κ1) is 5.21. The zero-order chi connectivity index (χ0) is 4.28. The van der Waals surface area contributed by atoms with E-state index in [1.54, 1.807) is 0 Å².